The molecule has 0 amide bonds. The van der Waals surface area contributed by atoms with Crippen LogP contribution in [0.2, 0.25) is 0 Å². The molecule has 0 spiro atoms. The Balaban J connectivity index is 2.34. The summed E-state index contributed by atoms with van der Waals surface area (Å²) in [6.45, 7) is 4.65. The van der Waals surface area contributed by atoms with E-state index < -0.39 is 0 Å². The summed E-state index contributed by atoms with van der Waals surface area (Å²) >= 11 is 0. The van der Waals surface area contributed by atoms with E-state index >= 15 is 0 Å². The first kappa shape index (κ1) is 15.6. The van der Waals surface area contributed by atoms with Crippen molar-refractivity contribution in [3.05, 3.63) is 18.2 Å². The van der Waals surface area contributed by atoms with Crippen molar-refractivity contribution in [1.29, 1.82) is 0 Å². The number of aliphatic hydroxyl groups is 1. The van der Waals surface area contributed by atoms with Crippen LogP contribution in [0.15, 0.2) is 18.2 Å². The number of aliphatic hydroxyl groups excluding tert-OH is 1. The number of nitrogen functional groups attached to an aromatic ring is 1. The molecule has 0 fully saturated rings. The van der Waals surface area contributed by atoms with Gasteiger partial charge in [0, 0.05) is 36.7 Å². The van der Waals surface area contributed by atoms with Crippen molar-refractivity contribution in [3.63, 3.8) is 0 Å². The van der Waals surface area contributed by atoms with Crippen LogP contribution in [0.3, 0.4) is 0 Å². The average Bonchev–Trinajstić information content (AvgIpc) is 2.40. The number of hydrogen-bond donors (Lipinski definition) is 3. The molecule has 0 unspecified atom stereocenters. The van der Waals surface area contributed by atoms with E-state index in [0.29, 0.717) is 25.5 Å². The first-order chi connectivity index (χ1) is 9.26. The van der Waals surface area contributed by atoms with Crippen molar-refractivity contribution in [3.8, 4) is 5.75 Å². The molecule has 0 saturated carbocycles. The lowest BCUT2D eigenvalue weighted by atomic mass is 10.2. The Morgan fingerprint density at radius 1 is 1.21 bits per heavy atom. The summed E-state index contributed by atoms with van der Waals surface area (Å²) in [5.41, 5.74) is 7.47. The minimum absolute atomic E-state index is 0.0702. The fourth-order valence-corrected chi connectivity index (χ4v) is 1.60. The highest BCUT2D eigenvalue weighted by molar-refractivity contribution is 5.59. The zero-order valence-electron chi connectivity index (χ0n) is 11.5. The standard InChI is InChI=1S/C14H24N2O3/c1-2-6-19-14-10-12(15)9-13(11-14)16-4-3-7-18-8-5-17/h9-11,16-17H,2-8,15H2,1H3. The van der Waals surface area contributed by atoms with E-state index in [1.807, 2.05) is 18.2 Å². The molecule has 0 aliphatic heterocycles. The van der Waals surface area contributed by atoms with E-state index in [2.05, 4.69) is 12.2 Å². The van der Waals surface area contributed by atoms with Crippen LogP contribution in [0.1, 0.15) is 19.8 Å². The first-order valence-electron chi connectivity index (χ1n) is 6.72. The van der Waals surface area contributed by atoms with Crippen LogP contribution in [-0.2, 0) is 4.74 Å². The van der Waals surface area contributed by atoms with Gasteiger partial charge >= 0.3 is 0 Å². The van der Waals surface area contributed by atoms with E-state index in [4.69, 9.17) is 20.3 Å². The largest absolute Gasteiger partial charge is 0.493 e. The van der Waals surface area contributed by atoms with Crippen LogP contribution in [0.4, 0.5) is 11.4 Å². The molecule has 5 heteroatoms. The van der Waals surface area contributed by atoms with Crippen molar-refractivity contribution in [2.24, 2.45) is 0 Å². The molecule has 108 valence electrons. The van der Waals surface area contributed by atoms with Crippen LogP contribution in [0.5, 0.6) is 5.75 Å². The second-order valence-electron chi connectivity index (χ2n) is 4.26. The fraction of sp³-hybridized carbons (Fsp3) is 0.571. The van der Waals surface area contributed by atoms with Crippen LogP contribution < -0.4 is 15.8 Å². The summed E-state index contributed by atoms with van der Waals surface area (Å²) < 4.78 is 10.7. The smallest absolute Gasteiger partial charge is 0.123 e. The van der Waals surface area contributed by atoms with Gasteiger partial charge in [-0.15, -0.1) is 0 Å². The molecule has 0 aromatic heterocycles. The molecule has 5 nitrogen and oxygen atoms in total. The Labute approximate surface area is 114 Å². The predicted molar refractivity (Wildman–Crippen MR) is 77.7 cm³/mol. The highest BCUT2D eigenvalue weighted by Gasteiger charge is 2.00. The zero-order chi connectivity index (χ0) is 13.9. The molecule has 0 radical (unpaired) electrons. The van der Waals surface area contributed by atoms with Crippen LogP contribution >= 0.6 is 0 Å². The van der Waals surface area contributed by atoms with E-state index in [0.717, 1.165) is 30.8 Å². The van der Waals surface area contributed by atoms with Gasteiger partial charge in [-0.2, -0.15) is 0 Å². The van der Waals surface area contributed by atoms with Crippen molar-refractivity contribution in [2.45, 2.75) is 19.8 Å². The Morgan fingerprint density at radius 3 is 2.79 bits per heavy atom. The second-order valence-corrected chi connectivity index (χ2v) is 4.26. The second kappa shape index (κ2) is 9.47. The maximum absolute atomic E-state index is 8.56. The summed E-state index contributed by atoms with van der Waals surface area (Å²) in [6, 6.07) is 5.65. The van der Waals surface area contributed by atoms with E-state index in [1.165, 1.54) is 0 Å². The number of anilines is 2. The molecular formula is C14H24N2O3. The molecular weight excluding hydrogens is 244 g/mol. The molecule has 4 N–H and O–H groups in total. The fourth-order valence-electron chi connectivity index (χ4n) is 1.60. The molecule has 0 bridgehead atoms. The van der Waals surface area contributed by atoms with Gasteiger partial charge in [-0.25, -0.2) is 0 Å². The van der Waals surface area contributed by atoms with Gasteiger partial charge in [0.2, 0.25) is 0 Å². The van der Waals surface area contributed by atoms with Gasteiger partial charge in [-0.1, -0.05) is 6.92 Å². The van der Waals surface area contributed by atoms with E-state index in [9.17, 15) is 0 Å². The van der Waals surface area contributed by atoms with Gasteiger partial charge in [-0.3, -0.25) is 0 Å². The minimum atomic E-state index is 0.0702. The van der Waals surface area contributed by atoms with Crippen molar-refractivity contribution >= 4 is 11.4 Å². The third kappa shape index (κ3) is 6.88. The summed E-state index contributed by atoms with van der Waals surface area (Å²) in [6.07, 6.45) is 1.85. The minimum Gasteiger partial charge on any atom is -0.493 e. The number of nitrogens with two attached hydrogens (primary N) is 1. The summed E-state index contributed by atoms with van der Waals surface area (Å²) in [7, 11) is 0. The average molecular weight is 268 g/mol. The normalized spacial score (nSPS) is 10.4. The molecule has 0 atom stereocenters. The third-order valence-electron chi connectivity index (χ3n) is 2.43. The summed E-state index contributed by atoms with van der Waals surface area (Å²) in [5.74, 6) is 0.792. The summed E-state index contributed by atoms with van der Waals surface area (Å²) in [5, 5.41) is 11.8. The molecule has 1 aromatic carbocycles. The topological polar surface area (TPSA) is 76.7 Å². The number of ether oxygens (including phenoxy) is 2. The van der Waals surface area contributed by atoms with Crippen molar-refractivity contribution in [2.75, 3.05) is 44.0 Å². The highest BCUT2D eigenvalue weighted by atomic mass is 16.5. The number of benzene rings is 1. The highest BCUT2D eigenvalue weighted by Crippen LogP contribution is 2.22. The zero-order valence-corrected chi connectivity index (χ0v) is 11.5. The molecule has 19 heavy (non-hydrogen) atoms. The van der Waals surface area contributed by atoms with Gasteiger partial charge < -0.3 is 25.6 Å². The maximum atomic E-state index is 8.56. The van der Waals surface area contributed by atoms with Crippen molar-refractivity contribution < 1.29 is 14.6 Å². The predicted octanol–water partition coefficient (Wildman–Crippen LogP) is 1.87. The van der Waals surface area contributed by atoms with E-state index in [-0.39, 0.29) is 6.61 Å². The van der Waals surface area contributed by atoms with Gasteiger partial charge in [0.15, 0.2) is 0 Å². The maximum Gasteiger partial charge on any atom is 0.123 e. The molecule has 1 aromatic rings. The lowest BCUT2D eigenvalue weighted by molar-refractivity contribution is 0.0922. The molecule has 0 aliphatic carbocycles. The Bertz CT molecular complexity index is 359. The van der Waals surface area contributed by atoms with Crippen LogP contribution in [-0.4, -0.2) is 38.1 Å². The first-order valence-corrected chi connectivity index (χ1v) is 6.72. The molecule has 0 heterocycles. The number of rotatable bonds is 10. The van der Waals surface area contributed by atoms with Gasteiger partial charge in [0.05, 0.1) is 19.8 Å². The Hall–Kier alpha value is -1.46. The van der Waals surface area contributed by atoms with Gasteiger partial charge in [-0.05, 0) is 18.9 Å². The Morgan fingerprint density at radius 2 is 2.05 bits per heavy atom. The lowest BCUT2D eigenvalue weighted by Crippen LogP contribution is -2.08. The molecule has 0 aliphatic rings. The third-order valence-corrected chi connectivity index (χ3v) is 2.43. The van der Waals surface area contributed by atoms with Crippen LogP contribution in [0, 0.1) is 0 Å². The number of nitrogens with one attached hydrogen (secondary N) is 1. The lowest BCUT2D eigenvalue weighted by Gasteiger charge is -2.11. The summed E-state index contributed by atoms with van der Waals surface area (Å²) in [4.78, 5) is 0. The monoisotopic (exact) mass is 268 g/mol. The SMILES string of the molecule is CCCOc1cc(N)cc(NCCCOCCO)c1. The van der Waals surface area contributed by atoms with Gasteiger partial charge in [0.25, 0.3) is 0 Å². The van der Waals surface area contributed by atoms with Gasteiger partial charge in [0.1, 0.15) is 5.75 Å². The molecule has 0 saturated heterocycles. The number of hydrogen-bond acceptors (Lipinski definition) is 5. The van der Waals surface area contributed by atoms with Crippen molar-refractivity contribution in [1.82, 2.24) is 0 Å². The quantitative estimate of drug-likeness (QED) is 0.446. The van der Waals surface area contributed by atoms with Crippen LogP contribution in [0.25, 0.3) is 0 Å². The van der Waals surface area contributed by atoms with E-state index in [1.54, 1.807) is 0 Å². The molecule has 1 rings (SSSR count). The Kier molecular flexibility index (Phi) is 7.77.